The average Bonchev–Trinajstić information content (AvgIpc) is 3.03. The van der Waals surface area contributed by atoms with E-state index in [1.165, 1.54) is 16.9 Å². The number of hydrogen-bond acceptors (Lipinski definition) is 4. The second kappa shape index (κ2) is 8.80. The summed E-state index contributed by atoms with van der Waals surface area (Å²) < 4.78 is 6.33. The lowest BCUT2D eigenvalue weighted by atomic mass is 10.1. The maximum atomic E-state index is 12.7. The highest BCUT2D eigenvalue weighted by molar-refractivity contribution is 7.21. The van der Waals surface area contributed by atoms with Crippen LogP contribution >= 0.6 is 34.5 Å². The molecule has 0 atom stereocenters. The van der Waals surface area contributed by atoms with Gasteiger partial charge in [0.25, 0.3) is 5.91 Å². The highest BCUT2D eigenvalue weighted by Gasteiger charge is 2.18. The van der Waals surface area contributed by atoms with Crippen LogP contribution in [0.25, 0.3) is 10.1 Å². The molecule has 0 unspecified atom stereocenters. The van der Waals surface area contributed by atoms with Crippen LogP contribution in [0.2, 0.25) is 10.0 Å². The molecule has 1 fully saturated rings. The van der Waals surface area contributed by atoms with Crippen LogP contribution in [0.5, 0.6) is 0 Å². The van der Waals surface area contributed by atoms with Crippen LogP contribution in [-0.4, -0.2) is 37.1 Å². The van der Waals surface area contributed by atoms with Crippen molar-refractivity contribution >= 4 is 50.5 Å². The quantitative estimate of drug-likeness (QED) is 0.615. The maximum absolute atomic E-state index is 12.7. The first-order valence-corrected chi connectivity index (χ1v) is 10.7. The van der Waals surface area contributed by atoms with Crippen molar-refractivity contribution in [2.45, 2.75) is 13.1 Å². The summed E-state index contributed by atoms with van der Waals surface area (Å²) in [6, 6.07) is 13.7. The van der Waals surface area contributed by atoms with Crippen molar-refractivity contribution in [2.24, 2.45) is 0 Å². The summed E-state index contributed by atoms with van der Waals surface area (Å²) in [5, 5.41) is 4.99. The number of hydrogen-bond donors (Lipinski definition) is 1. The van der Waals surface area contributed by atoms with Gasteiger partial charge >= 0.3 is 0 Å². The lowest BCUT2D eigenvalue weighted by Crippen LogP contribution is -2.36. The molecule has 1 N–H and O–H groups in total. The van der Waals surface area contributed by atoms with Crippen LogP contribution < -0.4 is 5.32 Å². The Hall–Kier alpha value is -1.63. The van der Waals surface area contributed by atoms with Crippen molar-refractivity contribution in [3.63, 3.8) is 0 Å². The SMILES string of the molecule is O=C(NCc1ccccc1CN1CCOCC1)c1sc2cc(Cl)ccc2c1Cl. The summed E-state index contributed by atoms with van der Waals surface area (Å²) in [5.41, 5.74) is 2.33. The summed E-state index contributed by atoms with van der Waals surface area (Å²) in [4.78, 5) is 15.6. The zero-order valence-corrected chi connectivity index (χ0v) is 17.5. The van der Waals surface area contributed by atoms with E-state index in [0.29, 0.717) is 21.5 Å². The summed E-state index contributed by atoms with van der Waals surface area (Å²) >= 11 is 13.8. The van der Waals surface area contributed by atoms with Crippen molar-refractivity contribution < 1.29 is 9.53 Å². The van der Waals surface area contributed by atoms with Crippen molar-refractivity contribution in [2.75, 3.05) is 26.3 Å². The third kappa shape index (κ3) is 4.34. The molecule has 7 heteroatoms. The smallest absolute Gasteiger partial charge is 0.263 e. The van der Waals surface area contributed by atoms with Gasteiger partial charge < -0.3 is 10.1 Å². The van der Waals surface area contributed by atoms with Crippen molar-refractivity contribution in [1.29, 1.82) is 0 Å². The van der Waals surface area contributed by atoms with Gasteiger partial charge in [0.2, 0.25) is 0 Å². The van der Waals surface area contributed by atoms with E-state index in [4.69, 9.17) is 27.9 Å². The third-order valence-corrected chi connectivity index (χ3v) is 6.74. The number of halogens is 2. The van der Waals surface area contributed by atoms with E-state index in [2.05, 4.69) is 22.3 Å². The van der Waals surface area contributed by atoms with Gasteiger partial charge in [-0.2, -0.15) is 0 Å². The second-order valence-electron chi connectivity index (χ2n) is 6.73. The van der Waals surface area contributed by atoms with Crippen molar-refractivity contribution in [1.82, 2.24) is 10.2 Å². The molecule has 1 saturated heterocycles. The van der Waals surface area contributed by atoms with Crippen LogP contribution in [-0.2, 0) is 17.8 Å². The van der Waals surface area contributed by atoms with Crippen LogP contribution in [0, 0.1) is 0 Å². The monoisotopic (exact) mass is 434 g/mol. The fraction of sp³-hybridized carbons (Fsp3) is 0.286. The Labute approximate surface area is 178 Å². The Kier molecular flexibility index (Phi) is 6.19. The molecule has 1 aliphatic heterocycles. The molecule has 0 radical (unpaired) electrons. The normalized spacial score (nSPS) is 15.1. The van der Waals surface area contributed by atoms with Gasteiger partial charge in [0.05, 0.1) is 18.2 Å². The Bertz CT molecular complexity index is 999. The van der Waals surface area contributed by atoms with Crippen molar-refractivity contribution in [3.05, 3.63) is 68.5 Å². The molecule has 0 saturated carbocycles. The molecule has 4 nitrogen and oxygen atoms in total. The number of fused-ring (bicyclic) bond motifs is 1. The number of rotatable bonds is 5. The van der Waals surface area contributed by atoms with Gasteiger partial charge in [-0.3, -0.25) is 9.69 Å². The van der Waals surface area contributed by atoms with Gasteiger partial charge in [-0.15, -0.1) is 11.3 Å². The Morgan fingerprint density at radius 2 is 1.86 bits per heavy atom. The van der Waals surface area contributed by atoms with E-state index in [0.717, 1.165) is 48.5 Å². The highest BCUT2D eigenvalue weighted by atomic mass is 35.5. The van der Waals surface area contributed by atoms with Crippen LogP contribution in [0.4, 0.5) is 0 Å². The number of thiophene rings is 1. The number of ether oxygens (including phenoxy) is 1. The van der Waals surface area contributed by atoms with E-state index in [-0.39, 0.29) is 5.91 Å². The van der Waals surface area contributed by atoms with Gasteiger partial charge in [0.15, 0.2) is 0 Å². The molecule has 28 heavy (non-hydrogen) atoms. The molecule has 2 aromatic carbocycles. The zero-order chi connectivity index (χ0) is 19.5. The van der Waals surface area contributed by atoms with Gasteiger partial charge in [-0.1, -0.05) is 53.5 Å². The minimum atomic E-state index is -0.163. The summed E-state index contributed by atoms with van der Waals surface area (Å²) in [6.07, 6.45) is 0. The topological polar surface area (TPSA) is 41.6 Å². The predicted octanol–water partition coefficient (Wildman–Crippen LogP) is 4.97. The second-order valence-corrected chi connectivity index (χ2v) is 8.59. The first kappa shape index (κ1) is 19.7. The predicted molar refractivity (Wildman–Crippen MR) is 116 cm³/mol. The molecular formula is C21H20Cl2N2O2S. The van der Waals surface area contributed by atoms with E-state index in [9.17, 15) is 4.79 Å². The van der Waals surface area contributed by atoms with E-state index < -0.39 is 0 Å². The molecule has 1 aliphatic rings. The minimum absolute atomic E-state index is 0.163. The van der Waals surface area contributed by atoms with Crippen LogP contribution in [0.3, 0.4) is 0 Å². The molecular weight excluding hydrogens is 415 g/mol. The largest absolute Gasteiger partial charge is 0.379 e. The number of benzene rings is 2. The molecule has 0 bridgehead atoms. The number of morpholine rings is 1. The number of carbonyl (C=O) groups is 1. The van der Waals surface area contributed by atoms with Gasteiger partial charge in [-0.25, -0.2) is 0 Å². The molecule has 3 aromatic rings. The lowest BCUT2D eigenvalue weighted by Gasteiger charge is -2.27. The van der Waals surface area contributed by atoms with E-state index in [1.807, 2.05) is 24.3 Å². The lowest BCUT2D eigenvalue weighted by molar-refractivity contribution is 0.0340. The average molecular weight is 435 g/mol. The Balaban J connectivity index is 1.47. The van der Waals surface area contributed by atoms with E-state index in [1.54, 1.807) is 6.07 Å². The van der Waals surface area contributed by atoms with Crippen molar-refractivity contribution in [3.8, 4) is 0 Å². The summed E-state index contributed by atoms with van der Waals surface area (Å²) in [5.74, 6) is -0.163. The molecule has 2 heterocycles. The molecule has 1 amide bonds. The maximum Gasteiger partial charge on any atom is 0.263 e. The summed E-state index contributed by atoms with van der Waals surface area (Å²) in [7, 11) is 0. The molecule has 146 valence electrons. The first-order valence-electron chi connectivity index (χ1n) is 9.14. The molecule has 0 aliphatic carbocycles. The minimum Gasteiger partial charge on any atom is -0.379 e. The fourth-order valence-electron chi connectivity index (χ4n) is 3.33. The van der Waals surface area contributed by atoms with Crippen LogP contribution in [0.1, 0.15) is 20.8 Å². The Morgan fingerprint density at radius 3 is 2.64 bits per heavy atom. The molecule has 1 aromatic heterocycles. The first-order chi connectivity index (χ1) is 13.6. The number of carbonyl (C=O) groups excluding carboxylic acids is 1. The summed E-state index contributed by atoms with van der Waals surface area (Å²) in [6.45, 7) is 4.73. The van der Waals surface area contributed by atoms with Gasteiger partial charge in [0, 0.05) is 41.3 Å². The van der Waals surface area contributed by atoms with E-state index >= 15 is 0 Å². The standard InChI is InChI=1S/C21H20Cl2N2O2S/c22-16-5-6-17-18(11-16)28-20(19(17)23)21(26)24-12-14-3-1-2-4-15(14)13-25-7-9-27-10-8-25/h1-6,11H,7-10,12-13H2,(H,24,26). The zero-order valence-electron chi connectivity index (χ0n) is 15.2. The van der Waals surface area contributed by atoms with Gasteiger partial charge in [0.1, 0.15) is 4.88 Å². The third-order valence-electron chi connectivity index (χ3n) is 4.85. The molecule has 0 spiro atoms. The Morgan fingerprint density at radius 1 is 1.11 bits per heavy atom. The van der Waals surface area contributed by atoms with Gasteiger partial charge in [-0.05, 0) is 23.3 Å². The fourth-order valence-corrected chi connectivity index (χ4v) is 5.03. The number of nitrogens with one attached hydrogen (secondary N) is 1. The van der Waals surface area contributed by atoms with Crippen LogP contribution in [0.15, 0.2) is 42.5 Å². The number of amides is 1. The highest BCUT2D eigenvalue weighted by Crippen LogP contribution is 2.36. The number of nitrogens with zero attached hydrogens (tertiary/aromatic N) is 1. The molecule has 4 rings (SSSR count).